The molecule has 0 saturated heterocycles. The van der Waals surface area contributed by atoms with Crippen LogP contribution in [0.3, 0.4) is 0 Å². The second-order valence-electron chi connectivity index (χ2n) is 4.23. The van der Waals surface area contributed by atoms with Crippen molar-refractivity contribution in [3.05, 3.63) is 54.1 Å². The number of aliphatic hydroxyl groups is 1. The summed E-state index contributed by atoms with van der Waals surface area (Å²) in [5.41, 5.74) is 1.69. The maximum atomic E-state index is 9.98. The molecule has 3 nitrogen and oxygen atoms in total. The molecule has 1 heterocycles. The lowest BCUT2D eigenvalue weighted by Crippen LogP contribution is -2.32. The molecule has 3 rings (SSSR count). The Balaban J connectivity index is 2.08. The first kappa shape index (κ1) is 11.4. The molecular formula is C14H13NO2S. The fourth-order valence-electron chi connectivity index (χ4n) is 2.18. The van der Waals surface area contributed by atoms with Gasteiger partial charge in [-0.3, -0.25) is 0 Å². The highest BCUT2D eigenvalue weighted by Crippen LogP contribution is 2.52. The summed E-state index contributed by atoms with van der Waals surface area (Å²) in [6.07, 6.45) is 0. The molecule has 18 heavy (non-hydrogen) atoms. The van der Waals surface area contributed by atoms with Crippen LogP contribution in [0.2, 0.25) is 0 Å². The van der Waals surface area contributed by atoms with Gasteiger partial charge >= 0.3 is 0 Å². The number of thioether (sulfide) groups is 1. The van der Waals surface area contributed by atoms with Gasteiger partial charge in [-0.05, 0) is 18.2 Å². The standard InChI is InChI=1S/C14H13NO2S/c16-9-14(10-5-1-3-7-12(10)17)15-11-6-2-4-8-13(11)18-14/h1-8,15-17H,9H2. The van der Waals surface area contributed by atoms with Crippen LogP contribution in [0.4, 0.5) is 5.69 Å². The SMILES string of the molecule is OCC1(c2ccccc2O)Nc2ccccc2S1. The van der Waals surface area contributed by atoms with Gasteiger partial charge in [-0.1, -0.05) is 42.1 Å². The normalized spacial score (nSPS) is 21.4. The van der Waals surface area contributed by atoms with E-state index in [0.717, 1.165) is 10.6 Å². The van der Waals surface area contributed by atoms with Gasteiger partial charge in [-0.15, -0.1) is 0 Å². The minimum Gasteiger partial charge on any atom is -0.508 e. The van der Waals surface area contributed by atoms with Gasteiger partial charge in [-0.2, -0.15) is 0 Å². The van der Waals surface area contributed by atoms with E-state index in [1.54, 1.807) is 12.1 Å². The first-order chi connectivity index (χ1) is 8.75. The Morgan fingerprint density at radius 3 is 2.50 bits per heavy atom. The second-order valence-corrected chi connectivity index (χ2v) is 5.57. The van der Waals surface area contributed by atoms with Gasteiger partial charge in [0.25, 0.3) is 0 Å². The van der Waals surface area contributed by atoms with Crippen molar-refractivity contribution >= 4 is 17.4 Å². The molecule has 0 aliphatic carbocycles. The number of hydrogen-bond donors (Lipinski definition) is 3. The topological polar surface area (TPSA) is 52.5 Å². The molecule has 1 atom stereocenters. The van der Waals surface area contributed by atoms with E-state index in [2.05, 4.69) is 5.32 Å². The van der Waals surface area contributed by atoms with Gasteiger partial charge in [0.15, 0.2) is 0 Å². The van der Waals surface area contributed by atoms with E-state index in [1.807, 2.05) is 36.4 Å². The Morgan fingerprint density at radius 2 is 1.78 bits per heavy atom. The molecule has 0 radical (unpaired) electrons. The molecule has 0 bridgehead atoms. The van der Waals surface area contributed by atoms with Crippen LogP contribution in [0.15, 0.2) is 53.4 Å². The first-order valence-corrected chi connectivity index (χ1v) is 6.52. The molecule has 1 aliphatic heterocycles. The van der Waals surface area contributed by atoms with E-state index in [1.165, 1.54) is 11.8 Å². The van der Waals surface area contributed by atoms with Crippen molar-refractivity contribution < 1.29 is 10.2 Å². The van der Waals surface area contributed by atoms with Crippen LogP contribution in [-0.4, -0.2) is 16.8 Å². The molecular weight excluding hydrogens is 246 g/mol. The first-order valence-electron chi connectivity index (χ1n) is 5.71. The number of anilines is 1. The second kappa shape index (κ2) is 4.23. The summed E-state index contributed by atoms with van der Waals surface area (Å²) in [7, 11) is 0. The predicted molar refractivity (Wildman–Crippen MR) is 72.8 cm³/mol. The van der Waals surface area contributed by atoms with Crippen LogP contribution in [0.5, 0.6) is 5.75 Å². The lowest BCUT2D eigenvalue weighted by atomic mass is 10.1. The third-order valence-electron chi connectivity index (χ3n) is 3.07. The van der Waals surface area contributed by atoms with Gasteiger partial charge in [0, 0.05) is 16.1 Å². The van der Waals surface area contributed by atoms with E-state index in [-0.39, 0.29) is 12.4 Å². The van der Waals surface area contributed by atoms with Crippen LogP contribution < -0.4 is 5.32 Å². The molecule has 0 amide bonds. The molecule has 1 unspecified atom stereocenters. The van der Waals surface area contributed by atoms with Gasteiger partial charge in [0.2, 0.25) is 0 Å². The number of rotatable bonds is 2. The lowest BCUT2D eigenvalue weighted by molar-refractivity contribution is 0.260. The van der Waals surface area contributed by atoms with Crippen molar-refractivity contribution in [1.29, 1.82) is 0 Å². The average Bonchev–Trinajstić information content (AvgIpc) is 2.79. The number of phenols is 1. The van der Waals surface area contributed by atoms with E-state index in [4.69, 9.17) is 0 Å². The summed E-state index contributed by atoms with van der Waals surface area (Å²) in [4.78, 5) is 0.379. The minimum absolute atomic E-state index is 0.0933. The number of aliphatic hydroxyl groups excluding tert-OH is 1. The van der Waals surface area contributed by atoms with E-state index < -0.39 is 4.87 Å². The zero-order valence-electron chi connectivity index (χ0n) is 9.63. The zero-order valence-corrected chi connectivity index (χ0v) is 10.4. The molecule has 0 saturated carbocycles. The van der Waals surface area contributed by atoms with Crippen LogP contribution in [-0.2, 0) is 4.87 Å². The van der Waals surface area contributed by atoms with Crippen molar-refractivity contribution in [2.24, 2.45) is 0 Å². The molecule has 2 aromatic rings. The Kier molecular flexibility index (Phi) is 2.69. The highest BCUT2D eigenvalue weighted by Gasteiger charge is 2.40. The fourth-order valence-corrected chi connectivity index (χ4v) is 3.44. The van der Waals surface area contributed by atoms with Crippen LogP contribution in [0.1, 0.15) is 5.56 Å². The van der Waals surface area contributed by atoms with Crippen molar-refractivity contribution in [3.8, 4) is 5.75 Å². The summed E-state index contributed by atoms with van der Waals surface area (Å²) >= 11 is 1.53. The summed E-state index contributed by atoms with van der Waals surface area (Å²) in [5.74, 6) is 0.194. The number of aromatic hydroxyl groups is 1. The van der Waals surface area contributed by atoms with E-state index >= 15 is 0 Å². The van der Waals surface area contributed by atoms with E-state index in [0.29, 0.717) is 5.56 Å². The summed E-state index contributed by atoms with van der Waals surface area (Å²) in [6, 6.07) is 15.0. The van der Waals surface area contributed by atoms with E-state index in [9.17, 15) is 10.2 Å². The zero-order chi connectivity index (χ0) is 12.6. The molecule has 0 aromatic heterocycles. The summed E-state index contributed by atoms with van der Waals surface area (Å²) < 4.78 is 0. The Hall–Kier alpha value is -1.65. The highest BCUT2D eigenvalue weighted by atomic mass is 32.2. The largest absolute Gasteiger partial charge is 0.508 e. The van der Waals surface area contributed by atoms with Crippen molar-refractivity contribution in [1.82, 2.24) is 0 Å². The smallest absolute Gasteiger partial charge is 0.141 e. The predicted octanol–water partition coefficient (Wildman–Crippen LogP) is 2.76. The third kappa shape index (κ3) is 1.65. The molecule has 0 spiro atoms. The van der Waals surface area contributed by atoms with Crippen molar-refractivity contribution in [3.63, 3.8) is 0 Å². The molecule has 3 N–H and O–H groups in total. The third-order valence-corrected chi connectivity index (χ3v) is 4.45. The monoisotopic (exact) mass is 259 g/mol. The number of fused-ring (bicyclic) bond motifs is 1. The van der Waals surface area contributed by atoms with Crippen molar-refractivity contribution in [2.45, 2.75) is 9.77 Å². The minimum atomic E-state index is -0.699. The number of hydrogen-bond acceptors (Lipinski definition) is 4. The van der Waals surface area contributed by atoms with Crippen molar-refractivity contribution in [2.75, 3.05) is 11.9 Å². The molecule has 1 aliphatic rings. The summed E-state index contributed by atoms with van der Waals surface area (Å²) in [6.45, 7) is -0.0933. The number of nitrogens with one attached hydrogen (secondary N) is 1. The van der Waals surface area contributed by atoms with Gasteiger partial charge < -0.3 is 15.5 Å². The van der Waals surface area contributed by atoms with Gasteiger partial charge in [0.1, 0.15) is 10.6 Å². The van der Waals surface area contributed by atoms with Crippen LogP contribution in [0.25, 0.3) is 0 Å². The Bertz CT molecular complexity index is 561. The molecule has 0 fully saturated rings. The summed E-state index contributed by atoms with van der Waals surface area (Å²) in [5, 5.41) is 23.1. The number of benzene rings is 2. The fraction of sp³-hybridized carbons (Fsp3) is 0.143. The molecule has 92 valence electrons. The maximum absolute atomic E-state index is 9.98. The lowest BCUT2D eigenvalue weighted by Gasteiger charge is -2.28. The maximum Gasteiger partial charge on any atom is 0.141 e. The van der Waals surface area contributed by atoms with Gasteiger partial charge in [-0.25, -0.2) is 0 Å². The number of phenolic OH excluding ortho intramolecular Hbond substituents is 1. The number of para-hydroxylation sites is 2. The average molecular weight is 259 g/mol. The molecule has 2 aromatic carbocycles. The Labute approximate surface area is 109 Å². The van der Waals surface area contributed by atoms with Crippen LogP contribution in [0, 0.1) is 0 Å². The Morgan fingerprint density at radius 1 is 1.06 bits per heavy atom. The highest BCUT2D eigenvalue weighted by molar-refractivity contribution is 8.00. The van der Waals surface area contributed by atoms with Gasteiger partial charge in [0.05, 0.1) is 6.61 Å². The quantitative estimate of drug-likeness (QED) is 0.776. The molecule has 4 heteroatoms. The van der Waals surface area contributed by atoms with Crippen LogP contribution >= 0.6 is 11.8 Å².